The molecule has 66 heavy (non-hydrogen) atoms. The van der Waals surface area contributed by atoms with Gasteiger partial charge in [-0.2, -0.15) is 0 Å². The number of halogens is 4. The number of esters is 4. The number of hydrogen-bond donors (Lipinski definition) is 0. The van der Waals surface area contributed by atoms with Crippen molar-refractivity contribution in [3.05, 3.63) is 164 Å². The van der Waals surface area contributed by atoms with Gasteiger partial charge in [0.1, 0.15) is 49.7 Å². The Balaban J connectivity index is 0.000000231. The van der Waals surface area contributed by atoms with Gasteiger partial charge in [0.25, 0.3) is 23.9 Å². The largest absolute Gasteiger partial charge is 2.00 e. The monoisotopic (exact) mass is 1090 g/mol. The van der Waals surface area contributed by atoms with E-state index in [9.17, 15) is 55.9 Å². The van der Waals surface area contributed by atoms with E-state index in [0.29, 0.717) is 22.3 Å². The van der Waals surface area contributed by atoms with E-state index in [-0.39, 0.29) is 138 Å². The van der Waals surface area contributed by atoms with Crippen molar-refractivity contribution in [2.24, 2.45) is 0 Å². The Morgan fingerprint density at radius 2 is 0.515 bits per heavy atom. The maximum Gasteiger partial charge on any atom is 2.00 e. The average molecular weight is 1090 g/mol. The summed E-state index contributed by atoms with van der Waals surface area (Å²) in [6.07, 6.45) is 0.509. The number of hydrogen-bond acceptors (Lipinski definition) is 12. The molecule has 4 fully saturated rings. The van der Waals surface area contributed by atoms with Crippen molar-refractivity contribution in [3.63, 3.8) is 0 Å². The van der Waals surface area contributed by atoms with Crippen LogP contribution < -0.4 is 0 Å². The molecule has 0 bridgehead atoms. The van der Waals surface area contributed by atoms with Gasteiger partial charge in [-0.1, -0.05) is 48.5 Å². The summed E-state index contributed by atoms with van der Waals surface area (Å²) < 4.78 is 69.9. The quantitative estimate of drug-likeness (QED) is 0.0511. The standard InChI is InChI=1S/4C11H10FNO3.2Rh/c4*12-8-3-1-7(2-4-8)6-16-11(15)9-5-10(14)13-9;;/h4*1-4,9H,5-6H2,(H,13,14);;/q;;;;2*+2/p-4/t4*9-;;/m0000../s1. The first-order chi connectivity index (χ1) is 30.6. The predicted octanol–water partition coefficient (Wildman–Crippen LogP) is 6.16. The van der Waals surface area contributed by atoms with Gasteiger partial charge in [0.05, 0.1) is 23.6 Å². The van der Waals surface area contributed by atoms with Crippen LogP contribution in [0.15, 0.2) is 97.1 Å². The van der Waals surface area contributed by atoms with E-state index in [1.54, 1.807) is 0 Å². The van der Waals surface area contributed by atoms with Crippen LogP contribution in [0.4, 0.5) is 17.6 Å². The smallest absolute Gasteiger partial charge is 0.642 e. The van der Waals surface area contributed by atoms with Crippen LogP contribution in [0.5, 0.6) is 0 Å². The van der Waals surface area contributed by atoms with Crippen molar-refractivity contribution in [3.8, 4) is 0 Å². The van der Waals surface area contributed by atoms with Crippen LogP contribution in [0.25, 0.3) is 21.3 Å². The molecule has 4 aliphatic rings. The van der Waals surface area contributed by atoms with Crippen LogP contribution in [0.3, 0.4) is 0 Å². The first-order valence-electron chi connectivity index (χ1n) is 19.2. The van der Waals surface area contributed by atoms with Gasteiger partial charge < -0.3 is 59.4 Å². The molecule has 0 spiro atoms. The molecule has 4 atom stereocenters. The van der Waals surface area contributed by atoms with Crippen LogP contribution in [-0.2, 0) is 123 Å². The van der Waals surface area contributed by atoms with E-state index in [1.807, 2.05) is 0 Å². The Hall–Kier alpha value is -6.39. The van der Waals surface area contributed by atoms with Crippen molar-refractivity contribution in [2.75, 3.05) is 0 Å². The average Bonchev–Trinajstić information content (AvgIpc) is 3.24. The van der Waals surface area contributed by atoms with E-state index in [4.69, 9.17) is 18.9 Å². The molecule has 22 heteroatoms. The Bertz CT molecular complexity index is 1970. The second-order valence-electron chi connectivity index (χ2n) is 13.9. The van der Waals surface area contributed by atoms with Gasteiger partial charge in [-0.25, -0.2) is 17.6 Å². The molecule has 4 saturated heterocycles. The maximum absolute atomic E-state index is 12.6. The summed E-state index contributed by atoms with van der Waals surface area (Å²) in [6, 6.07) is 20.0. The Morgan fingerprint density at radius 3 is 0.652 bits per heavy atom. The Kier molecular flexibility index (Phi) is 21.7. The summed E-state index contributed by atoms with van der Waals surface area (Å²) >= 11 is 0. The molecule has 2 radical (unpaired) electrons. The van der Waals surface area contributed by atoms with Crippen LogP contribution in [0, 0.1) is 23.3 Å². The van der Waals surface area contributed by atoms with Gasteiger partial charge in [-0.3, -0.25) is 19.2 Å². The number of carbonyl (C=O) groups excluding carboxylic acids is 8. The predicted molar refractivity (Wildman–Crippen MR) is 212 cm³/mol. The molecule has 0 saturated carbocycles. The van der Waals surface area contributed by atoms with Crippen molar-refractivity contribution in [1.29, 1.82) is 0 Å². The molecule has 4 amide bonds. The normalized spacial score (nSPS) is 18.0. The maximum atomic E-state index is 12.6. The van der Waals surface area contributed by atoms with E-state index >= 15 is 0 Å². The molecule has 4 heterocycles. The van der Waals surface area contributed by atoms with E-state index in [2.05, 4.69) is 21.3 Å². The topological polar surface area (TPSA) is 230 Å². The molecule has 4 aromatic rings. The number of ether oxygens (including phenoxy) is 4. The third-order valence-electron chi connectivity index (χ3n) is 8.94. The van der Waals surface area contributed by atoms with Gasteiger partial charge in [-0.05, 0) is 121 Å². The second kappa shape index (κ2) is 26.5. The first kappa shape index (κ1) is 53.9. The van der Waals surface area contributed by atoms with Crippen molar-refractivity contribution >= 4 is 47.5 Å². The number of nitrogens with zero attached hydrogens (tertiary/aromatic N) is 4. The molecular weight excluding hydrogens is 1060 g/mol. The molecule has 4 aromatic carbocycles. The van der Waals surface area contributed by atoms with Gasteiger partial charge >= 0.3 is 39.0 Å². The number of carbonyl (C=O) groups is 8. The van der Waals surface area contributed by atoms with Gasteiger partial charge in [0, 0.05) is 0 Å². The summed E-state index contributed by atoms with van der Waals surface area (Å²) in [6.45, 7) is 0.275. The number of rotatable bonds is 12. The van der Waals surface area contributed by atoms with E-state index in [1.165, 1.54) is 97.1 Å². The zero-order valence-electron chi connectivity index (χ0n) is 34.1. The summed E-state index contributed by atoms with van der Waals surface area (Å²) in [5, 5.41) is 13.9. The third kappa shape index (κ3) is 17.9. The van der Waals surface area contributed by atoms with E-state index < -0.39 is 48.0 Å². The minimum atomic E-state index is -0.645. The Morgan fingerprint density at radius 1 is 0.364 bits per heavy atom. The molecule has 0 aromatic heterocycles. The molecule has 4 aliphatic heterocycles. The van der Waals surface area contributed by atoms with Gasteiger partial charge in [0.15, 0.2) is 0 Å². The van der Waals surface area contributed by atoms with Crippen LogP contribution >= 0.6 is 0 Å². The van der Waals surface area contributed by atoms with E-state index in [0.717, 1.165) is 0 Å². The summed E-state index contributed by atoms with van der Waals surface area (Å²) in [5.74, 6) is -4.49. The molecule has 350 valence electrons. The van der Waals surface area contributed by atoms with Crippen LogP contribution in [-0.4, -0.2) is 71.7 Å². The molecular formula is C44H36F4N4O12Rh2. The van der Waals surface area contributed by atoms with Crippen LogP contribution in [0.2, 0.25) is 0 Å². The zero-order chi connectivity index (χ0) is 46.2. The molecule has 0 N–H and O–H groups in total. The minimum absolute atomic E-state index is 0. The number of benzene rings is 4. The molecule has 8 rings (SSSR count). The van der Waals surface area contributed by atoms with Crippen molar-refractivity contribution in [2.45, 2.75) is 76.3 Å². The van der Waals surface area contributed by atoms with Gasteiger partial charge in [-0.15, -0.1) is 0 Å². The third-order valence-corrected chi connectivity index (χ3v) is 8.94. The van der Waals surface area contributed by atoms with Crippen LogP contribution in [0.1, 0.15) is 47.9 Å². The Labute approximate surface area is 399 Å². The SMILES string of the molecule is O=C1C[C@@H](C(=O)OCc2ccc(F)cc2)[N-]1.O=C1C[C@@H](C(=O)OCc2ccc(F)cc2)[N-]1.O=C1C[C@@H](C(=O)OCc2ccc(F)cc2)[N-]1.O=C1C[C@@H](C(=O)OCc2ccc(F)cc2)[N-]1.[Rh+2].[Rh+2]. The fraction of sp³-hybridized carbons (Fsp3) is 0.273. The fourth-order valence-corrected chi connectivity index (χ4v) is 5.17. The summed E-state index contributed by atoms with van der Waals surface area (Å²) in [4.78, 5) is 87.1. The zero-order valence-corrected chi connectivity index (χ0v) is 37.3. The van der Waals surface area contributed by atoms with Gasteiger partial charge in [0.2, 0.25) is 0 Å². The molecule has 0 unspecified atom stereocenters. The first-order valence-corrected chi connectivity index (χ1v) is 19.2. The second-order valence-corrected chi connectivity index (χ2v) is 13.9. The fourth-order valence-electron chi connectivity index (χ4n) is 5.17. The molecule has 0 aliphatic carbocycles. The van der Waals surface area contributed by atoms with Crippen molar-refractivity contribution in [1.82, 2.24) is 0 Å². The number of amides is 4. The minimum Gasteiger partial charge on any atom is -0.642 e. The van der Waals surface area contributed by atoms with Crippen molar-refractivity contribution < 1.29 is 114 Å². The molecule has 16 nitrogen and oxygen atoms in total. The number of β-lactam (4-membered cyclic amide) rings is 4. The summed E-state index contributed by atoms with van der Waals surface area (Å²) in [5.41, 5.74) is 2.78. The summed E-state index contributed by atoms with van der Waals surface area (Å²) in [7, 11) is 0.